The molecular formula is C17H21NO2. The van der Waals surface area contributed by atoms with E-state index >= 15 is 0 Å². The highest BCUT2D eigenvalue weighted by molar-refractivity contribution is 5.94. The average molecular weight is 271 g/mol. The molecule has 1 amide bonds. The van der Waals surface area contributed by atoms with Gasteiger partial charge in [-0.25, -0.2) is 0 Å². The molecule has 2 N–H and O–H groups in total. The van der Waals surface area contributed by atoms with Gasteiger partial charge in [0.15, 0.2) is 0 Å². The van der Waals surface area contributed by atoms with Crippen LogP contribution in [-0.4, -0.2) is 24.2 Å². The lowest BCUT2D eigenvalue weighted by Gasteiger charge is -2.25. The molecule has 3 nitrogen and oxygen atoms in total. The summed E-state index contributed by atoms with van der Waals surface area (Å²) in [6, 6.07) is 5.56. The summed E-state index contributed by atoms with van der Waals surface area (Å²) in [5.74, 6) is 6.57. The molecule has 1 aromatic rings. The highest BCUT2D eigenvalue weighted by atomic mass is 16.2. The van der Waals surface area contributed by atoms with E-state index in [4.69, 9.17) is 5.11 Å². The van der Waals surface area contributed by atoms with Gasteiger partial charge in [-0.05, 0) is 49.4 Å². The van der Waals surface area contributed by atoms with Gasteiger partial charge in [0.1, 0.15) is 0 Å². The van der Waals surface area contributed by atoms with Crippen molar-refractivity contribution in [1.29, 1.82) is 0 Å². The summed E-state index contributed by atoms with van der Waals surface area (Å²) >= 11 is 0. The van der Waals surface area contributed by atoms with Crippen LogP contribution in [0.1, 0.15) is 47.2 Å². The van der Waals surface area contributed by atoms with Crippen LogP contribution in [0.25, 0.3) is 0 Å². The minimum absolute atomic E-state index is 0.00475. The quantitative estimate of drug-likeness (QED) is 0.825. The van der Waals surface area contributed by atoms with Crippen molar-refractivity contribution < 1.29 is 9.90 Å². The van der Waals surface area contributed by atoms with E-state index in [1.165, 1.54) is 19.3 Å². The first-order valence-electron chi connectivity index (χ1n) is 7.19. The first-order valence-corrected chi connectivity index (χ1v) is 7.19. The van der Waals surface area contributed by atoms with E-state index in [1.807, 2.05) is 25.1 Å². The van der Waals surface area contributed by atoms with E-state index in [-0.39, 0.29) is 12.5 Å². The first-order chi connectivity index (χ1) is 9.70. The van der Waals surface area contributed by atoms with Gasteiger partial charge in [-0.3, -0.25) is 4.79 Å². The minimum atomic E-state index is -0.00475. The van der Waals surface area contributed by atoms with Crippen LogP contribution in [0.5, 0.6) is 0 Å². The van der Waals surface area contributed by atoms with Crippen LogP contribution in [0.4, 0.5) is 0 Å². The number of amides is 1. The maximum absolute atomic E-state index is 12.0. The summed E-state index contributed by atoms with van der Waals surface area (Å²) in [6.45, 7) is 2.81. The molecule has 0 aromatic heterocycles. The number of aliphatic hydroxyl groups is 1. The molecule has 1 aliphatic carbocycles. The number of carbonyl (C=O) groups excluding carboxylic acids is 1. The van der Waals surface area contributed by atoms with Gasteiger partial charge in [-0.2, -0.15) is 0 Å². The maximum atomic E-state index is 12.0. The molecule has 0 aliphatic heterocycles. The van der Waals surface area contributed by atoms with Gasteiger partial charge < -0.3 is 10.4 Å². The number of carbonyl (C=O) groups is 1. The Morgan fingerprint density at radius 3 is 2.85 bits per heavy atom. The second-order valence-corrected chi connectivity index (χ2v) is 5.31. The summed E-state index contributed by atoms with van der Waals surface area (Å²) < 4.78 is 0. The Bertz CT molecular complexity index is 536. The Labute approximate surface area is 120 Å². The molecule has 0 atom stereocenters. The lowest BCUT2D eigenvalue weighted by atomic mass is 9.85. The van der Waals surface area contributed by atoms with Crippen molar-refractivity contribution in [1.82, 2.24) is 5.32 Å². The Morgan fingerprint density at radius 2 is 2.25 bits per heavy atom. The molecule has 3 heteroatoms. The predicted molar refractivity (Wildman–Crippen MR) is 79.4 cm³/mol. The monoisotopic (exact) mass is 271 g/mol. The average Bonchev–Trinajstić information content (AvgIpc) is 2.39. The number of benzene rings is 1. The van der Waals surface area contributed by atoms with E-state index in [9.17, 15) is 4.79 Å². The van der Waals surface area contributed by atoms with Crippen molar-refractivity contribution in [2.24, 2.45) is 5.92 Å². The number of rotatable bonds is 4. The van der Waals surface area contributed by atoms with Crippen LogP contribution in [-0.2, 0) is 0 Å². The van der Waals surface area contributed by atoms with Gasteiger partial charge >= 0.3 is 0 Å². The first kappa shape index (κ1) is 14.6. The fourth-order valence-electron chi connectivity index (χ4n) is 2.19. The maximum Gasteiger partial charge on any atom is 0.251 e. The van der Waals surface area contributed by atoms with Crippen LogP contribution < -0.4 is 5.32 Å². The van der Waals surface area contributed by atoms with Crippen molar-refractivity contribution in [2.75, 3.05) is 13.2 Å². The molecule has 0 unspecified atom stereocenters. The molecule has 1 saturated carbocycles. The second kappa shape index (κ2) is 7.12. The van der Waals surface area contributed by atoms with Crippen LogP contribution in [0.3, 0.4) is 0 Å². The number of nitrogens with one attached hydrogen (secondary N) is 1. The van der Waals surface area contributed by atoms with Gasteiger partial charge in [-0.1, -0.05) is 18.3 Å². The summed E-state index contributed by atoms with van der Waals surface area (Å²) in [7, 11) is 0. The Morgan fingerprint density at radius 1 is 1.45 bits per heavy atom. The Balaban J connectivity index is 1.96. The summed E-state index contributed by atoms with van der Waals surface area (Å²) in [5, 5.41) is 11.7. The standard InChI is InChI=1S/C17H21NO2/c1-13-11-16(9-8-15(13)7-2-3-10-19)17(20)18-12-14-5-4-6-14/h8-9,11,14,19H,3-6,10,12H2,1H3,(H,18,20). The molecule has 20 heavy (non-hydrogen) atoms. The van der Waals surface area contributed by atoms with E-state index in [0.29, 0.717) is 17.9 Å². The van der Waals surface area contributed by atoms with E-state index in [1.54, 1.807) is 0 Å². The molecule has 1 fully saturated rings. The topological polar surface area (TPSA) is 49.3 Å². The van der Waals surface area contributed by atoms with Gasteiger partial charge in [0.2, 0.25) is 0 Å². The van der Waals surface area contributed by atoms with Gasteiger partial charge in [-0.15, -0.1) is 0 Å². The van der Waals surface area contributed by atoms with Gasteiger partial charge in [0.05, 0.1) is 6.61 Å². The fraction of sp³-hybridized carbons (Fsp3) is 0.471. The smallest absolute Gasteiger partial charge is 0.251 e. The highest BCUT2D eigenvalue weighted by Crippen LogP contribution is 2.25. The molecule has 0 saturated heterocycles. The molecule has 0 spiro atoms. The van der Waals surface area contributed by atoms with Crippen molar-refractivity contribution >= 4 is 5.91 Å². The zero-order valence-electron chi connectivity index (χ0n) is 11.9. The lowest BCUT2D eigenvalue weighted by molar-refractivity contribution is 0.0939. The summed E-state index contributed by atoms with van der Waals surface area (Å²) in [5.41, 5.74) is 2.59. The SMILES string of the molecule is Cc1cc(C(=O)NCC2CCC2)ccc1C#CCCO. The third kappa shape index (κ3) is 3.85. The van der Waals surface area contributed by atoms with Crippen molar-refractivity contribution in [3.63, 3.8) is 0 Å². The molecule has 1 aliphatic rings. The van der Waals surface area contributed by atoms with Crippen LogP contribution in [0.15, 0.2) is 18.2 Å². The third-order valence-corrected chi connectivity index (χ3v) is 3.72. The highest BCUT2D eigenvalue weighted by Gasteiger charge is 2.18. The van der Waals surface area contributed by atoms with Gasteiger partial charge in [0.25, 0.3) is 5.91 Å². The van der Waals surface area contributed by atoms with Crippen molar-refractivity contribution in [3.05, 3.63) is 34.9 Å². The van der Waals surface area contributed by atoms with E-state index < -0.39 is 0 Å². The van der Waals surface area contributed by atoms with Crippen LogP contribution in [0.2, 0.25) is 0 Å². The minimum Gasteiger partial charge on any atom is -0.395 e. The zero-order chi connectivity index (χ0) is 14.4. The number of aliphatic hydroxyl groups excluding tert-OH is 1. The zero-order valence-corrected chi connectivity index (χ0v) is 11.9. The van der Waals surface area contributed by atoms with Crippen molar-refractivity contribution in [3.8, 4) is 11.8 Å². The largest absolute Gasteiger partial charge is 0.395 e. The normalized spacial score (nSPS) is 14.1. The van der Waals surface area contributed by atoms with E-state index in [2.05, 4.69) is 17.2 Å². The predicted octanol–water partition coefficient (Wildman–Crippen LogP) is 2.26. The molecular weight excluding hydrogens is 250 g/mol. The summed E-state index contributed by atoms with van der Waals surface area (Å²) in [6.07, 6.45) is 4.24. The van der Waals surface area contributed by atoms with Crippen LogP contribution in [0, 0.1) is 24.7 Å². The third-order valence-electron chi connectivity index (χ3n) is 3.72. The van der Waals surface area contributed by atoms with Crippen molar-refractivity contribution in [2.45, 2.75) is 32.6 Å². The van der Waals surface area contributed by atoms with E-state index in [0.717, 1.165) is 17.7 Å². The number of aryl methyl sites for hydroxylation is 1. The Kier molecular flexibility index (Phi) is 5.20. The molecule has 0 bridgehead atoms. The second-order valence-electron chi connectivity index (χ2n) is 5.31. The van der Waals surface area contributed by atoms with Gasteiger partial charge in [0, 0.05) is 24.1 Å². The Hall–Kier alpha value is -1.79. The summed E-state index contributed by atoms with van der Waals surface area (Å²) in [4.78, 5) is 12.0. The lowest BCUT2D eigenvalue weighted by Crippen LogP contribution is -2.32. The molecule has 106 valence electrons. The fourth-order valence-corrected chi connectivity index (χ4v) is 2.19. The molecule has 2 rings (SSSR count). The number of hydrogen-bond acceptors (Lipinski definition) is 2. The molecule has 0 heterocycles. The molecule has 0 radical (unpaired) electrons. The molecule has 1 aromatic carbocycles. The van der Waals surface area contributed by atoms with Crippen LogP contribution >= 0.6 is 0 Å². The number of hydrogen-bond donors (Lipinski definition) is 2.